The van der Waals surface area contributed by atoms with E-state index in [0.717, 1.165) is 25.9 Å². The first-order chi connectivity index (χ1) is 15.2. The first kappa shape index (κ1) is 21.8. The van der Waals surface area contributed by atoms with Crippen molar-refractivity contribution < 1.29 is 4.79 Å². The van der Waals surface area contributed by atoms with Crippen molar-refractivity contribution in [1.82, 2.24) is 9.80 Å². The fraction of sp³-hybridized carbons (Fsp3) is 0.464. The molecule has 31 heavy (non-hydrogen) atoms. The predicted molar refractivity (Wildman–Crippen MR) is 131 cm³/mol. The van der Waals surface area contributed by atoms with Crippen molar-refractivity contribution >= 4 is 27.5 Å². The van der Waals surface area contributed by atoms with E-state index in [2.05, 4.69) is 78.2 Å². The molecule has 1 atom stereocenters. The molecular weight excluding hydrogens is 380 g/mol. The van der Waals surface area contributed by atoms with Gasteiger partial charge in [0, 0.05) is 32.1 Å². The SMILES string of the molecule is CCCC(=O)N(CCCN1CCCCC1C)Cc1c2ccccc2cc2ccccc12. The number of piperidine rings is 1. The number of likely N-dealkylation sites (tertiary alicyclic amines) is 1. The van der Waals surface area contributed by atoms with E-state index in [0.29, 0.717) is 19.0 Å². The monoisotopic (exact) mass is 416 g/mol. The van der Waals surface area contributed by atoms with Gasteiger partial charge in [0.05, 0.1) is 0 Å². The van der Waals surface area contributed by atoms with Crippen LogP contribution in [0.4, 0.5) is 0 Å². The van der Waals surface area contributed by atoms with Crippen LogP contribution in [0.2, 0.25) is 0 Å². The molecule has 0 N–H and O–H groups in total. The molecule has 0 saturated carbocycles. The molecule has 1 saturated heterocycles. The van der Waals surface area contributed by atoms with Crippen LogP contribution in [0.15, 0.2) is 54.6 Å². The summed E-state index contributed by atoms with van der Waals surface area (Å²) in [5, 5.41) is 5.03. The highest BCUT2D eigenvalue weighted by Crippen LogP contribution is 2.30. The van der Waals surface area contributed by atoms with Gasteiger partial charge < -0.3 is 9.80 Å². The Morgan fingerprint density at radius 3 is 2.35 bits per heavy atom. The number of nitrogens with zero attached hydrogens (tertiary/aromatic N) is 2. The van der Waals surface area contributed by atoms with Gasteiger partial charge in [-0.3, -0.25) is 4.79 Å². The van der Waals surface area contributed by atoms with E-state index in [1.807, 2.05) is 0 Å². The lowest BCUT2D eigenvalue weighted by atomic mass is 9.96. The van der Waals surface area contributed by atoms with Crippen LogP contribution in [0.1, 0.15) is 57.9 Å². The van der Waals surface area contributed by atoms with Crippen molar-refractivity contribution in [3.05, 3.63) is 60.2 Å². The van der Waals surface area contributed by atoms with Crippen LogP contribution in [-0.4, -0.2) is 41.4 Å². The van der Waals surface area contributed by atoms with E-state index in [1.54, 1.807) is 0 Å². The van der Waals surface area contributed by atoms with Crippen LogP contribution in [0, 0.1) is 0 Å². The molecule has 1 heterocycles. The summed E-state index contributed by atoms with van der Waals surface area (Å²) in [5.41, 5.74) is 1.28. The molecule has 0 aliphatic carbocycles. The molecule has 0 spiro atoms. The first-order valence-electron chi connectivity index (χ1n) is 12.1. The highest BCUT2D eigenvalue weighted by Gasteiger charge is 2.20. The van der Waals surface area contributed by atoms with Crippen molar-refractivity contribution in [3.63, 3.8) is 0 Å². The second kappa shape index (κ2) is 10.3. The summed E-state index contributed by atoms with van der Waals surface area (Å²) in [6.45, 7) is 8.27. The smallest absolute Gasteiger partial charge is 0.222 e. The molecule has 1 amide bonds. The van der Waals surface area contributed by atoms with Crippen molar-refractivity contribution in [2.45, 2.75) is 65.0 Å². The Morgan fingerprint density at radius 2 is 1.71 bits per heavy atom. The Kier molecular flexibility index (Phi) is 7.24. The molecule has 3 aromatic carbocycles. The maximum Gasteiger partial charge on any atom is 0.222 e. The Balaban J connectivity index is 1.59. The van der Waals surface area contributed by atoms with Crippen LogP contribution in [0.5, 0.6) is 0 Å². The molecule has 1 aliphatic rings. The Bertz CT molecular complexity index is 974. The molecule has 0 aromatic heterocycles. The van der Waals surface area contributed by atoms with Crippen molar-refractivity contribution in [1.29, 1.82) is 0 Å². The van der Waals surface area contributed by atoms with Gasteiger partial charge >= 0.3 is 0 Å². The average molecular weight is 417 g/mol. The van der Waals surface area contributed by atoms with Gasteiger partial charge in [-0.05, 0) is 72.3 Å². The third-order valence-electron chi connectivity index (χ3n) is 6.86. The van der Waals surface area contributed by atoms with Crippen LogP contribution < -0.4 is 0 Å². The summed E-state index contributed by atoms with van der Waals surface area (Å²) < 4.78 is 0. The molecule has 1 fully saturated rings. The van der Waals surface area contributed by atoms with Crippen LogP contribution in [0.3, 0.4) is 0 Å². The number of carbonyl (C=O) groups excluding carboxylic acids is 1. The second-order valence-corrected chi connectivity index (χ2v) is 9.10. The van der Waals surface area contributed by atoms with E-state index in [-0.39, 0.29) is 5.91 Å². The minimum Gasteiger partial charge on any atom is -0.338 e. The van der Waals surface area contributed by atoms with Gasteiger partial charge in [0.25, 0.3) is 0 Å². The molecule has 3 aromatic rings. The van der Waals surface area contributed by atoms with Crippen LogP contribution in [-0.2, 0) is 11.3 Å². The van der Waals surface area contributed by atoms with Gasteiger partial charge in [0.1, 0.15) is 0 Å². The van der Waals surface area contributed by atoms with Gasteiger partial charge in [0.15, 0.2) is 0 Å². The van der Waals surface area contributed by atoms with Crippen LogP contribution >= 0.6 is 0 Å². The predicted octanol–water partition coefficient (Wildman–Crippen LogP) is 6.39. The topological polar surface area (TPSA) is 23.6 Å². The maximum atomic E-state index is 13.1. The van der Waals surface area contributed by atoms with Gasteiger partial charge in [0.2, 0.25) is 5.91 Å². The Labute approximate surface area is 187 Å². The lowest BCUT2D eigenvalue weighted by molar-refractivity contribution is -0.132. The zero-order valence-corrected chi connectivity index (χ0v) is 19.1. The number of hydrogen-bond acceptors (Lipinski definition) is 2. The largest absolute Gasteiger partial charge is 0.338 e. The number of benzene rings is 3. The summed E-state index contributed by atoms with van der Waals surface area (Å²) in [4.78, 5) is 17.8. The van der Waals surface area contributed by atoms with Crippen molar-refractivity contribution in [2.24, 2.45) is 0 Å². The third-order valence-corrected chi connectivity index (χ3v) is 6.86. The Morgan fingerprint density at radius 1 is 1.03 bits per heavy atom. The van der Waals surface area contributed by atoms with Gasteiger partial charge in [-0.15, -0.1) is 0 Å². The number of amides is 1. The third kappa shape index (κ3) is 5.10. The molecule has 0 bridgehead atoms. The van der Waals surface area contributed by atoms with E-state index in [4.69, 9.17) is 0 Å². The standard InChI is InChI=1S/C28H36N2O/c1-3-11-28(31)30(19-10-18-29-17-9-8-12-22(29)2)21-27-25-15-6-4-13-23(25)20-24-14-5-7-16-26(24)27/h4-7,13-16,20,22H,3,8-12,17-19,21H2,1-2H3. The molecule has 164 valence electrons. The number of fused-ring (bicyclic) bond motifs is 2. The Hall–Kier alpha value is -2.39. The summed E-state index contributed by atoms with van der Waals surface area (Å²) in [7, 11) is 0. The normalized spacial score (nSPS) is 17.3. The summed E-state index contributed by atoms with van der Waals surface area (Å²) in [6.07, 6.45) is 6.54. The highest BCUT2D eigenvalue weighted by atomic mass is 16.2. The van der Waals surface area contributed by atoms with E-state index >= 15 is 0 Å². The molecular formula is C28H36N2O. The van der Waals surface area contributed by atoms with Crippen molar-refractivity contribution in [3.8, 4) is 0 Å². The van der Waals surface area contributed by atoms with Gasteiger partial charge in [-0.1, -0.05) is 61.9 Å². The summed E-state index contributed by atoms with van der Waals surface area (Å²) in [6, 6.07) is 20.1. The molecule has 1 aliphatic heterocycles. The minimum absolute atomic E-state index is 0.284. The minimum atomic E-state index is 0.284. The molecule has 3 nitrogen and oxygen atoms in total. The summed E-state index contributed by atoms with van der Waals surface area (Å²) >= 11 is 0. The molecule has 3 heteroatoms. The number of hydrogen-bond donors (Lipinski definition) is 0. The quantitative estimate of drug-likeness (QED) is 0.397. The van der Waals surface area contributed by atoms with Crippen LogP contribution in [0.25, 0.3) is 21.5 Å². The second-order valence-electron chi connectivity index (χ2n) is 9.10. The van der Waals surface area contributed by atoms with Gasteiger partial charge in [-0.2, -0.15) is 0 Å². The average Bonchev–Trinajstić information content (AvgIpc) is 2.79. The summed E-state index contributed by atoms with van der Waals surface area (Å²) in [5.74, 6) is 0.284. The lowest BCUT2D eigenvalue weighted by Gasteiger charge is -2.34. The van der Waals surface area contributed by atoms with Gasteiger partial charge in [-0.25, -0.2) is 0 Å². The van der Waals surface area contributed by atoms with E-state index < -0.39 is 0 Å². The fourth-order valence-corrected chi connectivity index (χ4v) is 5.09. The maximum absolute atomic E-state index is 13.1. The molecule has 1 unspecified atom stereocenters. The van der Waals surface area contributed by atoms with Crippen molar-refractivity contribution in [2.75, 3.05) is 19.6 Å². The van der Waals surface area contributed by atoms with E-state index in [9.17, 15) is 4.79 Å². The zero-order chi connectivity index (χ0) is 21.6. The molecule has 4 rings (SSSR count). The first-order valence-corrected chi connectivity index (χ1v) is 12.1. The molecule has 0 radical (unpaired) electrons. The lowest BCUT2D eigenvalue weighted by Crippen LogP contribution is -2.40. The zero-order valence-electron chi connectivity index (χ0n) is 19.1. The number of carbonyl (C=O) groups is 1. The fourth-order valence-electron chi connectivity index (χ4n) is 5.09. The highest BCUT2D eigenvalue weighted by molar-refractivity contribution is 6.02. The number of rotatable bonds is 8. The van der Waals surface area contributed by atoms with E-state index in [1.165, 1.54) is 52.9 Å².